The zero-order chi connectivity index (χ0) is 16.8. The minimum Gasteiger partial charge on any atom is -0.531 e. The molecule has 0 bridgehead atoms. The average Bonchev–Trinajstić information content (AvgIpc) is 2.68. The van der Waals surface area contributed by atoms with Crippen LogP contribution in [0.1, 0.15) is 5.56 Å². The van der Waals surface area contributed by atoms with Crippen molar-refractivity contribution in [2.45, 2.75) is 0 Å². The van der Waals surface area contributed by atoms with Crippen molar-refractivity contribution < 1.29 is 4.43 Å². The van der Waals surface area contributed by atoms with Crippen LogP contribution in [0.15, 0.2) is 97.2 Å². The SMILES string of the molecule is C=C[Si](Oc1ccc(C#N)cc1)(c1ccccc1)c1ccccc1. The Kier molecular flexibility index (Phi) is 4.60. The summed E-state index contributed by atoms with van der Waals surface area (Å²) in [7, 11) is -2.61. The lowest BCUT2D eigenvalue weighted by Gasteiger charge is -2.30. The molecule has 0 saturated carbocycles. The lowest BCUT2D eigenvalue weighted by molar-refractivity contribution is 0.576. The molecular weight excluding hydrogens is 310 g/mol. The van der Waals surface area contributed by atoms with Crippen LogP contribution in [-0.2, 0) is 0 Å². The third-order valence-electron chi connectivity index (χ3n) is 3.96. The monoisotopic (exact) mass is 327 g/mol. The normalized spacial score (nSPS) is 10.6. The van der Waals surface area contributed by atoms with Crippen LogP contribution in [0.2, 0.25) is 0 Å². The number of benzene rings is 3. The van der Waals surface area contributed by atoms with Gasteiger partial charge in [-0.1, -0.05) is 66.4 Å². The minimum atomic E-state index is -2.61. The van der Waals surface area contributed by atoms with E-state index in [9.17, 15) is 0 Å². The van der Waals surface area contributed by atoms with Crippen molar-refractivity contribution in [3.05, 3.63) is 103 Å². The summed E-state index contributed by atoms with van der Waals surface area (Å²) in [6.45, 7) is 4.10. The number of hydrogen-bond acceptors (Lipinski definition) is 2. The minimum absolute atomic E-state index is 0.618. The summed E-state index contributed by atoms with van der Waals surface area (Å²) in [5.41, 5.74) is 2.57. The second-order valence-corrected chi connectivity index (χ2v) is 8.65. The van der Waals surface area contributed by atoms with E-state index in [0.29, 0.717) is 5.56 Å². The molecule has 0 aliphatic heterocycles. The molecule has 0 spiro atoms. The Morgan fingerprint density at radius 1 is 0.792 bits per heavy atom. The summed E-state index contributed by atoms with van der Waals surface area (Å²) in [5, 5.41) is 11.2. The summed E-state index contributed by atoms with van der Waals surface area (Å²) in [6, 6.07) is 29.8. The van der Waals surface area contributed by atoms with Crippen molar-refractivity contribution in [1.82, 2.24) is 0 Å². The molecule has 3 rings (SSSR count). The fourth-order valence-corrected chi connectivity index (χ4v) is 5.72. The van der Waals surface area contributed by atoms with Crippen molar-refractivity contribution >= 4 is 18.7 Å². The first-order valence-electron chi connectivity index (χ1n) is 7.72. The molecule has 116 valence electrons. The molecule has 24 heavy (non-hydrogen) atoms. The van der Waals surface area contributed by atoms with E-state index >= 15 is 0 Å². The van der Waals surface area contributed by atoms with Crippen LogP contribution in [-0.4, -0.2) is 8.32 Å². The highest BCUT2D eigenvalue weighted by molar-refractivity contribution is 7.01. The molecule has 0 saturated heterocycles. The third kappa shape index (κ3) is 3.01. The van der Waals surface area contributed by atoms with Gasteiger partial charge in [0, 0.05) is 0 Å². The maximum Gasteiger partial charge on any atom is 0.339 e. The highest BCUT2D eigenvalue weighted by atomic mass is 28.4. The molecule has 2 nitrogen and oxygen atoms in total. The molecule has 0 aliphatic rings. The van der Waals surface area contributed by atoms with Crippen molar-refractivity contribution in [2.75, 3.05) is 0 Å². The number of nitrogens with zero attached hydrogens (tertiary/aromatic N) is 1. The maximum atomic E-state index is 8.96. The van der Waals surface area contributed by atoms with Gasteiger partial charge in [-0.05, 0) is 34.6 Å². The van der Waals surface area contributed by atoms with Crippen molar-refractivity contribution in [3.63, 3.8) is 0 Å². The average molecular weight is 327 g/mol. The largest absolute Gasteiger partial charge is 0.531 e. The maximum absolute atomic E-state index is 8.96. The van der Waals surface area contributed by atoms with Gasteiger partial charge in [0.05, 0.1) is 11.6 Å². The molecule has 0 radical (unpaired) electrons. The summed E-state index contributed by atoms with van der Waals surface area (Å²) in [6.07, 6.45) is 0. The molecule has 3 heteroatoms. The molecule has 0 N–H and O–H groups in total. The molecule has 0 fully saturated rings. The van der Waals surface area contributed by atoms with E-state index in [1.165, 1.54) is 0 Å². The van der Waals surface area contributed by atoms with Crippen LogP contribution in [0.25, 0.3) is 0 Å². The van der Waals surface area contributed by atoms with Gasteiger partial charge in [0.25, 0.3) is 0 Å². The zero-order valence-corrected chi connectivity index (χ0v) is 14.2. The topological polar surface area (TPSA) is 33.0 Å². The van der Waals surface area contributed by atoms with Crippen molar-refractivity contribution in [1.29, 1.82) is 5.26 Å². The lowest BCUT2D eigenvalue weighted by atomic mass is 10.2. The van der Waals surface area contributed by atoms with Gasteiger partial charge in [-0.25, -0.2) is 0 Å². The molecule has 0 amide bonds. The van der Waals surface area contributed by atoms with Crippen LogP contribution in [0.4, 0.5) is 0 Å². The Morgan fingerprint density at radius 3 is 1.71 bits per heavy atom. The Morgan fingerprint density at radius 2 is 1.29 bits per heavy atom. The summed E-state index contributed by atoms with van der Waals surface area (Å²) in [5.74, 6) is 0.744. The predicted octanol–water partition coefficient (Wildman–Crippen LogP) is 3.42. The van der Waals surface area contributed by atoms with Gasteiger partial charge >= 0.3 is 8.32 Å². The van der Waals surface area contributed by atoms with E-state index in [-0.39, 0.29) is 0 Å². The standard InChI is InChI=1S/C21H17NOSi/c1-2-24(20-9-5-3-6-10-20,21-11-7-4-8-12-21)23-19-15-13-18(17-22)14-16-19/h2-16H,1H2. The zero-order valence-electron chi connectivity index (χ0n) is 13.2. The van der Waals surface area contributed by atoms with Gasteiger partial charge in [0.1, 0.15) is 5.75 Å². The Labute approximate surface area is 143 Å². The molecule has 0 atom stereocenters. The number of nitriles is 1. The highest BCUT2D eigenvalue weighted by Crippen LogP contribution is 2.18. The van der Waals surface area contributed by atoms with Crippen LogP contribution >= 0.6 is 0 Å². The summed E-state index contributed by atoms with van der Waals surface area (Å²) >= 11 is 0. The van der Waals surface area contributed by atoms with Crippen LogP contribution in [0.5, 0.6) is 5.75 Å². The first-order chi connectivity index (χ1) is 11.8. The van der Waals surface area contributed by atoms with E-state index in [4.69, 9.17) is 9.69 Å². The van der Waals surface area contributed by atoms with Crippen LogP contribution in [0, 0.1) is 11.3 Å². The lowest BCUT2D eigenvalue weighted by Crippen LogP contribution is -2.62. The van der Waals surface area contributed by atoms with E-state index < -0.39 is 8.32 Å². The van der Waals surface area contributed by atoms with Crippen molar-refractivity contribution in [3.8, 4) is 11.8 Å². The molecule has 3 aromatic carbocycles. The highest BCUT2D eigenvalue weighted by Gasteiger charge is 2.38. The second-order valence-electron chi connectivity index (χ2n) is 5.41. The molecule has 0 aliphatic carbocycles. The second kappa shape index (κ2) is 6.99. The quantitative estimate of drug-likeness (QED) is 0.673. The van der Waals surface area contributed by atoms with E-state index in [1.807, 2.05) is 54.2 Å². The van der Waals surface area contributed by atoms with Gasteiger partial charge in [0.15, 0.2) is 0 Å². The Bertz CT molecular complexity index is 812. The molecule has 0 heterocycles. The number of rotatable bonds is 5. The Hall–Kier alpha value is -3.09. The summed E-state index contributed by atoms with van der Waals surface area (Å²) in [4.78, 5) is 0. The molecule has 3 aromatic rings. The third-order valence-corrected chi connectivity index (χ3v) is 7.47. The van der Waals surface area contributed by atoms with Gasteiger partial charge in [0.2, 0.25) is 0 Å². The van der Waals surface area contributed by atoms with Gasteiger partial charge in [-0.15, -0.1) is 6.58 Å². The van der Waals surface area contributed by atoms with Gasteiger partial charge < -0.3 is 4.43 Å². The van der Waals surface area contributed by atoms with Crippen molar-refractivity contribution in [2.24, 2.45) is 0 Å². The first kappa shape index (κ1) is 15.8. The smallest absolute Gasteiger partial charge is 0.339 e. The van der Waals surface area contributed by atoms with Crippen LogP contribution in [0.3, 0.4) is 0 Å². The Balaban J connectivity index is 2.11. The predicted molar refractivity (Wildman–Crippen MR) is 99.9 cm³/mol. The molecular formula is C21H17NOSi. The molecule has 0 aromatic heterocycles. The van der Waals surface area contributed by atoms with E-state index in [0.717, 1.165) is 16.1 Å². The fourth-order valence-electron chi connectivity index (χ4n) is 2.72. The first-order valence-corrected chi connectivity index (χ1v) is 9.71. The van der Waals surface area contributed by atoms with Gasteiger partial charge in [-0.3, -0.25) is 0 Å². The molecule has 0 unspecified atom stereocenters. The van der Waals surface area contributed by atoms with E-state index in [1.54, 1.807) is 12.1 Å². The van der Waals surface area contributed by atoms with Gasteiger partial charge in [-0.2, -0.15) is 5.26 Å². The van der Waals surface area contributed by atoms with E-state index in [2.05, 4.69) is 36.9 Å². The fraction of sp³-hybridized carbons (Fsp3) is 0. The number of hydrogen-bond donors (Lipinski definition) is 0. The van der Waals surface area contributed by atoms with Crippen LogP contribution < -0.4 is 14.8 Å². The summed E-state index contributed by atoms with van der Waals surface area (Å²) < 4.78 is 6.53.